The van der Waals surface area contributed by atoms with Crippen molar-refractivity contribution in [2.45, 2.75) is 25.6 Å². The van der Waals surface area contributed by atoms with E-state index in [0.717, 1.165) is 6.07 Å². The highest BCUT2D eigenvalue weighted by atomic mass is 19.1. The number of aldehydes is 1. The van der Waals surface area contributed by atoms with Crippen LogP contribution in [0.2, 0.25) is 0 Å². The van der Waals surface area contributed by atoms with Gasteiger partial charge in [-0.3, -0.25) is 9.59 Å². The summed E-state index contributed by atoms with van der Waals surface area (Å²) >= 11 is 0. The third-order valence-electron chi connectivity index (χ3n) is 2.52. The molecule has 19 heavy (non-hydrogen) atoms. The molecule has 0 fully saturated rings. The van der Waals surface area contributed by atoms with Crippen LogP contribution in [0.1, 0.15) is 35.4 Å². The molecule has 0 bridgehead atoms. The predicted molar refractivity (Wildman–Crippen MR) is 64.0 cm³/mol. The van der Waals surface area contributed by atoms with Gasteiger partial charge in [0.05, 0.1) is 19.1 Å². The first-order valence-electron chi connectivity index (χ1n) is 5.76. The quantitative estimate of drug-likeness (QED) is 0.595. The van der Waals surface area contributed by atoms with Crippen molar-refractivity contribution in [1.29, 1.82) is 0 Å². The third kappa shape index (κ3) is 4.11. The van der Waals surface area contributed by atoms with Crippen molar-refractivity contribution in [3.05, 3.63) is 35.1 Å². The number of ether oxygens (including phenoxy) is 1. The fourth-order valence-electron chi connectivity index (χ4n) is 1.57. The summed E-state index contributed by atoms with van der Waals surface area (Å²) in [6.45, 7) is 1.77. The van der Waals surface area contributed by atoms with Gasteiger partial charge in [0, 0.05) is 11.1 Å². The zero-order valence-corrected chi connectivity index (χ0v) is 10.4. The van der Waals surface area contributed by atoms with E-state index in [1.807, 2.05) is 0 Å². The lowest BCUT2D eigenvalue weighted by molar-refractivity contribution is -0.147. The zero-order chi connectivity index (χ0) is 14.4. The summed E-state index contributed by atoms with van der Waals surface area (Å²) in [6.07, 6.45) is -3.02. The van der Waals surface area contributed by atoms with Crippen molar-refractivity contribution in [2.24, 2.45) is 0 Å². The van der Waals surface area contributed by atoms with Gasteiger partial charge >= 0.3 is 5.97 Å². The van der Waals surface area contributed by atoms with Gasteiger partial charge in [0.15, 0.2) is 0 Å². The molecule has 0 saturated carbocycles. The number of hydrogen-bond acceptors (Lipinski definition) is 5. The molecule has 5 nitrogen and oxygen atoms in total. The summed E-state index contributed by atoms with van der Waals surface area (Å²) in [5.41, 5.74) is -0.0595. The van der Waals surface area contributed by atoms with Gasteiger partial charge in [-0.25, -0.2) is 4.39 Å². The second kappa shape index (κ2) is 6.96. The summed E-state index contributed by atoms with van der Waals surface area (Å²) in [4.78, 5) is 21.6. The smallest absolute Gasteiger partial charge is 0.308 e. The molecule has 2 unspecified atom stereocenters. The maximum absolute atomic E-state index is 13.6. The number of carbonyl (C=O) groups excluding carboxylic acids is 2. The molecule has 0 saturated heterocycles. The predicted octanol–water partition coefficient (Wildman–Crippen LogP) is 0.986. The molecule has 6 heteroatoms. The van der Waals surface area contributed by atoms with Crippen molar-refractivity contribution in [2.75, 3.05) is 6.61 Å². The molecule has 2 atom stereocenters. The first kappa shape index (κ1) is 15.3. The SMILES string of the molecule is CCOC(=O)CC(O)C(O)c1ccc(C=O)cc1F. The lowest BCUT2D eigenvalue weighted by atomic mass is 10.0. The van der Waals surface area contributed by atoms with Crippen LogP contribution < -0.4 is 0 Å². The Morgan fingerprint density at radius 3 is 2.68 bits per heavy atom. The first-order valence-corrected chi connectivity index (χ1v) is 5.76. The van der Waals surface area contributed by atoms with Crippen LogP contribution in [-0.2, 0) is 9.53 Å². The highest BCUT2D eigenvalue weighted by molar-refractivity contribution is 5.74. The molecular formula is C13H15FO5. The van der Waals surface area contributed by atoms with E-state index in [-0.39, 0.29) is 17.7 Å². The summed E-state index contributed by atoms with van der Waals surface area (Å²) in [6, 6.07) is 3.45. The molecule has 0 spiro atoms. The molecule has 0 heterocycles. The molecule has 0 aromatic heterocycles. The third-order valence-corrected chi connectivity index (χ3v) is 2.52. The molecule has 1 aromatic rings. The van der Waals surface area contributed by atoms with Crippen LogP contribution in [0.5, 0.6) is 0 Å². The average Bonchev–Trinajstić information content (AvgIpc) is 2.37. The van der Waals surface area contributed by atoms with E-state index < -0.39 is 30.4 Å². The molecule has 2 N–H and O–H groups in total. The summed E-state index contributed by atoms with van der Waals surface area (Å²) < 4.78 is 18.2. The average molecular weight is 270 g/mol. The van der Waals surface area contributed by atoms with Gasteiger partial charge in [-0.05, 0) is 13.0 Å². The van der Waals surface area contributed by atoms with Crippen LogP contribution in [0.4, 0.5) is 4.39 Å². The molecule has 0 radical (unpaired) electrons. The van der Waals surface area contributed by atoms with Gasteiger partial charge < -0.3 is 14.9 Å². The number of esters is 1. The number of benzene rings is 1. The van der Waals surface area contributed by atoms with Crippen molar-refractivity contribution in [3.63, 3.8) is 0 Å². The summed E-state index contributed by atoms with van der Waals surface area (Å²) in [5.74, 6) is -1.50. The fraction of sp³-hybridized carbons (Fsp3) is 0.385. The van der Waals surface area contributed by atoms with Crippen molar-refractivity contribution < 1.29 is 28.9 Å². The minimum absolute atomic E-state index is 0.119. The van der Waals surface area contributed by atoms with Crippen LogP contribution in [0, 0.1) is 5.82 Å². The van der Waals surface area contributed by atoms with Gasteiger partial charge in [-0.15, -0.1) is 0 Å². The summed E-state index contributed by atoms with van der Waals surface area (Å²) in [7, 11) is 0. The van der Waals surface area contributed by atoms with Gasteiger partial charge in [0.1, 0.15) is 18.2 Å². The van der Waals surface area contributed by atoms with Gasteiger partial charge in [0.2, 0.25) is 0 Å². The van der Waals surface area contributed by atoms with E-state index in [1.165, 1.54) is 12.1 Å². The van der Waals surface area contributed by atoms with E-state index in [2.05, 4.69) is 4.74 Å². The zero-order valence-electron chi connectivity index (χ0n) is 10.4. The number of aliphatic hydroxyl groups excluding tert-OH is 2. The molecule has 0 aliphatic carbocycles. The van der Waals surface area contributed by atoms with E-state index in [0.29, 0.717) is 6.29 Å². The second-order valence-corrected chi connectivity index (χ2v) is 3.92. The first-order chi connectivity index (χ1) is 8.99. The van der Waals surface area contributed by atoms with Crippen LogP contribution in [0.25, 0.3) is 0 Å². The number of aliphatic hydroxyl groups is 2. The lowest BCUT2D eigenvalue weighted by Crippen LogP contribution is -2.24. The monoisotopic (exact) mass is 270 g/mol. The molecule has 0 aliphatic heterocycles. The highest BCUT2D eigenvalue weighted by Gasteiger charge is 2.24. The van der Waals surface area contributed by atoms with E-state index in [4.69, 9.17) is 0 Å². The standard InChI is InChI=1S/C13H15FO5/c1-2-19-12(17)6-11(16)13(18)9-4-3-8(7-15)5-10(9)14/h3-5,7,11,13,16,18H,2,6H2,1H3. The Bertz CT molecular complexity index is 460. The number of hydrogen-bond donors (Lipinski definition) is 2. The fourth-order valence-corrected chi connectivity index (χ4v) is 1.57. The Kier molecular flexibility index (Phi) is 5.59. The van der Waals surface area contributed by atoms with Crippen LogP contribution in [0.15, 0.2) is 18.2 Å². The highest BCUT2D eigenvalue weighted by Crippen LogP contribution is 2.22. The van der Waals surface area contributed by atoms with E-state index >= 15 is 0 Å². The molecule has 1 rings (SSSR count). The van der Waals surface area contributed by atoms with Gasteiger partial charge in [-0.2, -0.15) is 0 Å². The summed E-state index contributed by atoms with van der Waals surface area (Å²) in [5, 5.41) is 19.4. The Morgan fingerprint density at radius 2 is 2.16 bits per heavy atom. The molecule has 104 valence electrons. The van der Waals surface area contributed by atoms with E-state index in [1.54, 1.807) is 6.92 Å². The number of rotatable bonds is 6. The van der Waals surface area contributed by atoms with Gasteiger partial charge in [0.25, 0.3) is 0 Å². The Hall–Kier alpha value is -1.79. The van der Waals surface area contributed by atoms with Crippen LogP contribution >= 0.6 is 0 Å². The minimum atomic E-state index is -1.56. The molecule has 0 aliphatic rings. The molecular weight excluding hydrogens is 255 g/mol. The topological polar surface area (TPSA) is 83.8 Å². The maximum Gasteiger partial charge on any atom is 0.308 e. The Balaban J connectivity index is 2.79. The minimum Gasteiger partial charge on any atom is -0.466 e. The molecule has 0 amide bonds. The van der Waals surface area contributed by atoms with Crippen molar-refractivity contribution in [3.8, 4) is 0 Å². The Morgan fingerprint density at radius 1 is 1.47 bits per heavy atom. The van der Waals surface area contributed by atoms with E-state index in [9.17, 15) is 24.2 Å². The second-order valence-electron chi connectivity index (χ2n) is 3.92. The number of carbonyl (C=O) groups is 2. The Labute approximate surface area is 109 Å². The largest absolute Gasteiger partial charge is 0.466 e. The van der Waals surface area contributed by atoms with Crippen molar-refractivity contribution in [1.82, 2.24) is 0 Å². The molecule has 1 aromatic carbocycles. The maximum atomic E-state index is 13.6. The van der Waals surface area contributed by atoms with Crippen LogP contribution in [0.3, 0.4) is 0 Å². The lowest BCUT2D eigenvalue weighted by Gasteiger charge is -2.18. The van der Waals surface area contributed by atoms with Gasteiger partial charge in [-0.1, -0.05) is 12.1 Å². The van der Waals surface area contributed by atoms with Crippen molar-refractivity contribution >= 4 is 12.3 Å². The van der Waals surface area contributed by atoms with Crippen LogP contribution in [-0.4, -0.2) is 35.2 Å². The number of halogens is 1. The normalized spacial score (nSPS) is 13.7.